The maximum Gasteiger partial charge on any atom is 0.308 e. The summed E-state index contributed by atoms with van der Waals surface area (Å²) in [5, 5.41) is 0. The molecule has 2 atom stereocenters. The SMILES string of the molecule is COc1c2c(c(OC(C)=O)c3c1C1CCC3C1)C(=O)c1cc(C)ccc1C2=O. The zero-order valence-corrected chi connectivity index (χ0v) is 16.0. The summed E-state index contributed by atoms with van der Waals surface area (Å²) >= 11 is 0. The molecule has 28 heavy (non-hydrogen) atoms. The second-order valence-electron chi connectivity index (χ2n) is 7.95. The Balaban J connectivity index is 1.89. The highest BCUT2D eigenvalue weighted by atomic mass is 16.5. The van der Waals surface area contributed by atoms with Crippen molar-refractivity contribution in [3.63, 3.8) is 0 Å². The molecule has 2 aromatic rings. The molecule has 0 heterocycles. The molecule has 1 fully saturated rings. The molecule has 2 unspecified atom stereocenters. The molecule has 2 aromatic carbocycles. The van der Waals surface area contributed by atoms with Crippen molar-refractivity contribution in [2.75, 3.05) is 7.11 Å². The van der Waals surface area contributed by atoms with Crippen molar-refractivity contribution in [1.29, 1.82) is 0 Å². The van der Waals surface area contributed by atoms with Crippen LogP contribution in [0.3, 0.4) is 0 Å². The lowest BCUT2D eigenvalue weighted by Gasteiger charge is -2.28. The maximum atomic E-state index is 13.5. The van der Waals surface area contributed by atoms with E-state index in [1.54, 1.807) is 12.1 Å². The van der Waals surface area contributed by atoms with Crippen molar-refractivity contribution in [3.05, 3.63) is 57.1 Å². The molecule has 3 aliphatic rings. The van der Waals surface area contributed by atoms with Crippen LogP contribution in [0.1, 0.15) is 86.6 Å². The van der Waals surface area contributed by atoms with Gasteiger partial charge in [0, 0.05) is 29.2 Å². The van der Waals surface area contributed by atoms with E-state index in [0.717, 1.165) is 36.0 Å². The number of fused-ring (bicyclic) bond motifs is 7. The summed E-state index contributed by atoms with van der Waals surface area (Å²) in [7, 11) is 1.54. The number of rotatable bonds is 2. The Morgan fingerprint density at radius 3 is 2.21 bits per heavy atom. The van der Waals surface area contributed by atoms with Crippen molar-refractivity contribution in [2.45, 2.75) is 44.9 Å². The number of methoxy groups -OCH3 is 1. The molecule has 5 rings (SSSR count). The van der Waals surface area contributed by atoms with Gasteiger partial charge in [0.05, 0.1) is 18.2 Å². The third-order valence-electron chi connectivity index (χ3n) is 6.30. The molecule has 0 N–H and O–H groups in total. The van der Waals surface area contributed by atoms with Gasteiger partial charge in [0.25, 0.3) is 0 Å². The van der Waals surface area contributed by atoms with Gasteiger partial charge in [-0.2, -0.15) is 0 Å². The highest BCUT2D eigenvalue weighted by Gasteiger charge is 2.47. The zero-order chi connectivity index (χ0) is 19.7. The van der Waals surface area contributed by atoms with Crippen LogP contribution in [-0.2, 0) is 4.79 Å². The second kappa shape index (κ2) is 5.77. The van der Waals surface area contributed by atoms with Gasteiger partial charge in [-0.05, 0) is 44.1 Å². The maximum absolute atomic E-state index is 13.5. The number of hydrogen-bond donors (Lipinski definition) is 0. The molecule has 0 amide bonds. The highest BCUT2D eigenvalue weighted by Crippen LogP contribution is 2.61. The van der Waals surface area contributed by atoms with Crippen LogP contribution in [0, 0.1) is 6.92 Å². The highest BCUT2D eigenvalue weighted by molar-refractivity contribution is 6.30. The first-order valence-electron chi connectivity index (χ1n) is 9.58. The van der Waals surface area contributed by atoms with E-state index in [2.05, 4.69) is 0 Å². The standard InChI is InChI=1S/C23H20O5/c1-10-4-7-14-15(8-10)21(26)19-18(20(14)25)22(27-3)16-12-5-6-13(9-12)17(16)23(19)28-11(2)24/h4,7-8,12-13H,5-6,9H2,1-3H3. The minimum absolute atomic E-state index is 0.182. The lowest BCUT2D eigenvalue weighted by molar-refractivity contribution is -0.131. The molecule has 0 aromatic heterocycles. The molecular weight excluding hydrogens is 356 g/mol. The van der Waals surface area contributed by atoms with E-state index < -0.39 is 5.97 Å². The minimum atomic E-state index is -0.493. The van der Waals surface area contributed by atoms with Gasteiger partial charge in [0.15, 0.2) is 11.6 Å². The molecule has 0 saturated heterocycles. The first-order chi connectivity index (χ1) is 13.4. The van der Waals surface area contributed by atoms with E-state index >= 15 is 0 Å². The zero-order valence-electron chi connectivity index (χ0n) is 16.0. The lowest BCUT2D eigenvalue weighted by atomic mass is 9.77. The molecular formula is C23H20O5. The number of hydrogen-bond acceptors (Lipinski definition) is 5. The fourth-order valence-electron chi connectivity index (χ4n) is 5.27. The molecule has 0 radical (unpaired) electrons. The van der Waals surface area contributed by atoms with Crippen molar-refractivity contribution >= 4 is 17.5 Å². The molecule has 5 heteroatoms. The monoisotopic (exact) mass is 376 g/mol. The number of ether oxygens (including phenoxy) is 2. The van der Waals surface area contributed by atoms with E-state index in [4.69, 9.17) is 9.47 Å². The Morgan fingerprint density at radius 1 is 0.964 bits per heavy atom. The average molecular weight is 376 g/mol. The number of esters is 1. The predicted octanol–water partition coefficient (Wildman–Crippen LogP) is 4.07. The molecule has 5 nitrogen and oxygen atoms in total. The van der Waals surface area contributed by atoms with Crippen LogP contribution in [0.15, 0.2) is 18.2 Å². The number of carbonyl (C=O) groups is 3. The third kappa shape index (κ3) is 2.10. The molecule has 3 aliphatic carbocycles. The Labute approximate surface area is 162 Å². The molecule has 142 valence electrons. The van der Waals surface area contributed by atoms with Gasteiger partial charge in [0.2, 0.25) is 0 Å². The van der Waals surface area contributed by atoms with E-state index in [9.17, 15) is 14.4 Å². The summed E-state index contributed by atoms with van der Waals surface area (Å²) in [5.74, 6) is 0.238. The van der Waals surface area contributed by atoms with E-state index in [1.165, 1.54) is 14.0 Å². The molecule has 0 spiro atoms. The van der Waals surface area contributed by atoms with E-state index in [1.807, 2.05) is 13.0 Å². The fourth-order valence-corrected chi connectivity index (χ4v) is 5.27. The van der Waals surface area contributed by atoms with Crippen LogP contribution >= 0.6 is 0 Å². The minimum Gasteiger partial charge on any atom is -0.496 e. The van der Waals surface area contributed by atoms with Gasteiger partial charge in [-0.25, -0.2) is 0 Å². The first kappa shape index (κ1) is 17.2. The fraction of sp³-hybridized carbons (Fsp3) is 0.348. The van der Waals surface area contributed by atoms with Gasteiger partial charge in [-0.15, -0.1) is 0 Å². The van der Waals surface area contributed by atoms with Crippen LogP contribution in [0.5, 0.6) is 11.5 Å². The predicted molar refractivity (Wildman–Crippen MR) is 102 cm³/mol. The Kier molecular flexibility index (Phi) is 3.54. The van der Waals surface area contributed by atoms with Gasteiger partial charge in [0.1, 0.15) is 11.5 Å². The quantitative estimate of drug-likeness (QED) is 0.498. The summed E-state index contributed by atoms with van der Waals surface area (Å²) in [5.41, 5.74) is 3.89. The largest absolute Gasteiger partial charge is 0.496 e. The Bertz CT molecular complexity index is 1090. The first-order valence-corrected chi connectivity index (χ1v) is 9.58. The van der Waals surface area contributed by atoms with E-state index in [-0.39, 0.29) is 40.3 Å². The summed E-state index contributed by atoms with van der Waals surface area (Å²) in [6.07, 6.45) is 2.95. The number of carbonyl (C=O) groups excluding carboxylic acids is 3. The summed E-state index contributed by atoms with van der Waals surface area (Å²) in [6, 6.07) is 5.24. The van der Waals surface area contributed by atoms with Crippen molar-refractivity contribution in [2.24, 2.45) is 0 Å². The van der Waals surface area contributed by atoms with Crippen LogP contribution in [-0.4, -0.2) is 24.6 Å². The van der Waals surface area contributed by atoms with Crippen LogP contribution in [0.4, 0.5) is 0 Å². The number of aryl methyl sites for hydroxylation is 1. The Hall–Kier alpha value is -2.95. The summed E-state index contributed by atoms with van der Waals surface area (Å²) in [4.78, 5) is 38.8. The van der Waals surface area contributed by atoms with Crippen LogP contribution in [0.25, 0.3) is 0 Å². The smallest absolute Gasteiger partial charge is 0.308 e. The van der Waals surface area contributed by atoms with Gasteiger partial charge >= 0.3 is 5.97 Å². The van der Waals surface area contributed by atoms with Gasteiger partial charge in [-0.3, -0.25) is 14.4 Å². The van der Waals surface area contributed by atoms with Crippen molar-refractivity contribution in [3.8, 4) is 11.5 Å². The number of ketones is 2. The van der Waals surface area contributed by atoms with Crippen molar-refractivity contribution < 1.29 is 23.9 Å². The second-order valence-corrected chi connectivity index (χ2v) is 7.95. The van der Waals surface area contributed by atoms with Crippen LogP contribution < -0.4 is 9.47 Å². The molecule has 2 bridgehead atoms. The third-order valence-corrected chi connectivity index (χ3v) is 6.30. The molecule has 0 aliphatic heterocycles. The van der Waals surface area contributed by atoms with E-state index in [0.29, 0.717) is 16.9 Å². The van der Waals surface area contributed by atoms with Crippen molar-refractivity contribution in [1.82, 2.24) is 0 Å². The lowest BCUT2D eigenvalue weighted by Crippen LogP contribution is -2.25. The van der Waals surface area contributed by atoms with Crippen LogP contribution in [0.2, 0.25) is 0 Å². The summed E-state index contributed by atoms with van der Waals surface area (Å²) < 4.78 is 11.3. The summed E-state index contributed by atoms with van der Waals surface area (Å²) in [6.45, 7) is 3.20. The van der Waals surface area contributed by atoms with Gasteiger partial charge in [-0.1, -0.05) is 17.7 Å². The molecule has 1 saturated carbocycles. The topological polar surface area (TPSA) is 69.7 Å². The number of benzene rings is 2. The average Bonchev–Trinajstić information content (AvgIpc) is 3.27. The van der Waals surface area contributed by atoms with Gasteiger partial charge < -0.3 is 9.47 Å². The Morgan fingerprint density at radius 2 is 1.57 bits per heavy atom. The normalized spacial score (nSPS) is 21.2.